The molecular formula is C20H16F3N5OS. The van der Waals surface area contributed by atoms with E-state index in [1.807, 2.05) is 24.3 Å². The number of benzene rings is 1. The summed E-state index contributed by atoms with van der Waals surface area (Å²) < 4.78 is 39.6. The monoisotopic (exact) mass is 431 g/mol. The molecule has 0 atom stereocenters. The minimum atomic E-state index is -4.65. The molecule has 0 aliphatic rings. The lowest BCUT2D eigenvalue weighted by molar-refractivity contribution is -0.138. The highest BCUT2D eigenvalue weighted by atomic mass is 32.1. The standard InChI is InChI=1S/C20H16F3N5OS/c1-12(2)13-5-7-15(8-6-13)28-9-3-4-16(28)10-14(11-24)17(29)25-19-27-26-18(30-19)20(21,22)23/h3-10,12H,1-2H3,(H,25,27,29)/b14-10-. The molecule has 0 radical (unpaired) electrons. The second kappa shape index (κ2) is 8.51. The Morgan fingerprint density at radius 2 is 1.93 bits per heavy atom. The molecule has 2 aromatic heterocycles. The maximum atomic E-state index is 12.6. The van der Waals surface area contributed by atoms with Gasteiger partial charge < -0.3 is 4.57 Å². The first-order valence-corrected chi connectivity index (χ1v) is 9.62. The Morgan fingerprint density at radius 3 is 2.50 bits per heavy atom. The minimum absolute atomic E-state index is 0.187. The van der Waals surface area contributed by atoms with E-state index in [0.29, 0.717) is 11.6 Å². The van der Waals surface area contributed by atoms with E-state index >= 15 is 0 Å². The summed E-state index contributed by atoms with van der Waals surface area (Å²) in [5.41, 5.74) is 2.30. The molecule has 0 aliphatic carbocycles. The minimum Gasteiger partial charge on any atom is -0.317 e. The average Bonchev–Trinajstić information content (AvgIpc) is 3.35. The number of hydrogen-bond acceptors (Lipinski definition) is 5. The van der Waals surface area contributed by atoms with Crippen LogP contribution in [0.4, 0.5) is 18.3 Å². The van der Waals surface area contributed by atoms with Gasteiger partial charge in [0.1, 0.15) is 11.6 Å². The van der Waals surface area contributed by atoms with Crippen molar-refractivity contribution in [2.75, 3.05) is 5.32 Å². The number of anilines is 1. The molecule has 2 heterocycles. The maximum absolute atomic E-state index is 12.6. The number of nitrogens with one attached hydrogen (secondary N) is 1. The Bertz CT molecular complexity index is 1120. The van der Waals surface area contributed by atoms with Crippen molar-refractivity contribution in [3.05, 3.63) is 64.4 Å². The normalized spacial score (nSPS) is 12.1. The fourth-order valence-corrected chi connectivity index (χ4v) is 3.22. The topological polar surface area (TPSA) is 83.6 Å². The highest BCUT2D eigenvalue weighted by Gasteiger charge is 2.35. The number of rotatable bonds is 5. The quantitative estimate of drug-likeness (QED) is 0.454. The lowest BCUT2D eigenvalue weighted by Crippen LogP contribution is -2.13. The van der Waals surface area contributed by atoms with Gasteiger partial charge in [0, 0.05) is 17.6 Å². The first-order chi connectivity index (χ1) is 14.2. The van der Waals surface area contributed by atoms with E-state index in [1.165, 1.54) is 11.6 Å². The van der Waals surface area contributed by atoms with Gasteiger partial charge in [-0.3, -0.25) is 10.1 Å². The van der Waals surface area contributed by atoms with E-state index in [0.717, 1.165) is 5.69 Å². The molecule has 1 amide bonds. The molecule has 30 heavy (non-hydrogen) atoms. The second-order valence-corrected chi connectivity index (χ2v) is 7.56. The van der Waals surface area contributed by atoms with Crippen LogP contribution in [0.1, 0.15) is 36.0 Å². The van der Waals surface area contributed by atoms with Crippen molar-refractivity contribution in [1.29, 1.82) is 5.26 Å². The second-order valence-electron chi connectivity index (χ2n) is 6.58. The summed E-state index contributed by atoms with van der Waals surface area (Å²) in [6.45, 7) is 4.18. The number of halogens is 3. The zero-order valence-corrected chi connectivity index (χ0v) is 16.8. The third-order valence-corrected chi connectivity index (χ3v) is 5.05. The van der Waals surface area contributed by atoms with E-state index in [9.17, 15) is 23.2 Å². The van der Waals surface area contributed by atoms with E-state index in [2.05, 4.69) is 29.4 Å². The fourth-order valence-electron chi connectivity index (χ4n) is 2.62. The highest BCUT2D eigenvalue weighted by Crippen LogP contribution is 2.33. The van der Waals surface area contributed by atoms with Crippen molar-refractivity contribution in [2.24, 2.45) is 0 Å². The molecule has 0 unspecified atom stereocenters. The molecule has 3 rings (SSSR count). The summed E-state index contributed by atoms with van der Waals surface area (Å²) in [5.74, 6) is -0.486. The van der Waals surface area contributed by atoms with Gasteiger partial charge in [-0.25, -0.2) is 0 Å². The predicted molar refractivity (Wildman–Crippen MR) is 107 cm³/mol. The van der Waals surface area contributed by atoms with Crippen LogP contribution in [-0.4, -0.2) is 20.7 Å². The van der Waals surface area contributed by atoms with Crippen LogP contribution >= 0.6 is 11.3 Å². The van der Waals surface area contributed by atoms with Crippen LogP contribution in [0, 0.1) is 11.3 Å². The fraction of sp³-hybridized carbons (Fsp3) is 0.200. The average molecular weight is 431 g/mol. The number of nitrogens with zero attached hydrogens (tertiary/aromatic N) is 4. The van der Waals surface area contributed by atoms with Crippen LogP contribution in [0.25, 0.3) is 11.8 Å². The highest BCUT2D eigenvalue weighted by molar-refractivity contribution is 7.15. The summed E-state index contributed by atoms with van der Waals surface area (Å²) in [4.78, 5) is 12.3. The molecule has 0 fully saturated rings. The summed E-state index contributed by atoms with van der Waals surface area (Å²) in [7, 11) is 0. The smallest absolute Gasteiger partial charge is 0.317 e. The molecule has 0 aliphatic heterocycles. The molecule has 0 saturated heterocycles. The lowest BCUT2D eigenvalue weighted by atomic mass is 10.0. The molecular weight excluding hydrogens is 415 g/mol. The van der Waals surface area contributed by atoms with Gasteiger partial charge in [0.2, 0.25) is 10.1 Å². The number of carbonyl (C=O) groups excluding carboxylic acids is 1. The van der Waals surface area contributed by atoms with E-state index in [-0.39, 0.29) is 22.0 Å². The number of hydrogen-bond donors (Lipinski definition) is 1. The van der Waals surface area contributed by atoms with Crippen molar-refractivity contribution in [3.8, 4) is 11.8 Å². The van der Waals surface area contributed by atoms with Crippen LogP contribution in [0.15, 0.2) is 48.2 Å². The van der Waals surface area contributed by atoms with Crippen molar-refractivity contribution in [1.82, 2.24) is 14.8 Å². The molecule has 3 aromatic rings. The van der Waals surface area contributed by atoms with Crippen molar-refractivity contribution < 1.29 is 18.0 Å². The summed E-state index contributed by atoms with van der Waals surface area (Å²) >= 11 is 0.187. The van der Waals surface area contributed by atoms with Crippen molar-refractivity contribution in [3.63, 3.8) is 0 Å². The molecule has 0 bridgehead atoms. The Balaban J connectivity index is 1.83. The van der Waals surface area contributed by atoms with Crippen LogP contribution in [0.5, 0.6) is 0 Å². The van der Waals surface area contributed by atoms with E-state index in [1.54, 1.807) is 29.0 Å². The van der Waals surface area contributed by atoms with E-state index in [4.69, 9.17) is 0 Å². The molecule has 6 nitrogen and oxygen atoms in total. The maximum Gasteiger partial charge on any atom is 0.445 e. The zero-order valence-electron chi connectivity index (χ0n) is 15.9. The van der Waals surface area contributed by atoms with Gasteiger partial charge in [0.05, 0.1) is 0 Å². The van der Waals surface area contributed by atoms with E-state index < -0.39 is 17.1 Å². The van der Waals surface area contributed by atoms with Gasteiger partial charge in [-0.2, -0.15) is 18.4 Å². The van der Waals surface area contributed by atoms with Crippen LogP contribution in [0.2, 0.25) is 0 Å². The van der Waals surface area contributed by atoms with Crippen LogP contribution in [-0.2, 0) is 11.0 Å². The molecule has 0 spiro atoms. The molecule has 1 aromatic carbocycles. The van der Waals surface area contributed by atoms with Gasteiger partial charge in [0.25, 0.3) is 5.91 Å². The molecule has 1 N–H and O–H groups in total. The van der Waals surface area contributed by atoms with Crippen LogP contribution in [0.3, 0.4) is 0 Å². The largest absolute Gasteiger partial charge is 0.445 e. The number of aromatic nitrogens is 3. The predicted octanol–water partition coefficient (Wildman–Crippen LogP) is 5.02. The van der Waals surface area contributed by atoms with Gasteiger partial charge in [-0.05, 0) is 41.8 Å². The first kappa shape index (κ1) is 21.3. The van der Waals surface area contributed by atoms with Gasteiger partial charge in [-0.15, -0.1) is 10.2 Å². The SMILES string of the molecule is CC(C)c1ccc(-n2cccc2/C=C(/C#N)C(=O)Nc2nnc(C(F)(F)F)s2)cc1. The van der Waals surface area contributed by atoms with Crippen molar-refractivity contribution >= 4 is 28.5 Å². The Morgan fingerprint density at radius 1 is 1.23 bits per heavy atom. The van der Waals surface area contributed by atoms with Crippen LogP contribution < -0.4 is 5.32 Å². The summed E-state index contributed by atoms with van der Waals surface area (Å²) in [6, 6.07) is 13.1. The Labute approximate surface area is 174 Å². The molecule has 154 valence electrons. The summed E-state index contributed by atoms with van der Waals surface area (Å²) in [6.07, 6.45) is -1.51. The van der Waals surface area contributed by atoms with Gasteiger partial charge >= 0.3 is 6.18 Å². The number of amides is 1. The van der Waals surface area contributed by atoms with Crippen molar-refractivity contribution in [2.45, 2.75) is 25.9 Å². The zero-order chi connectivity index (χ0) is 21.9. The number of nitriles is 1. The number of alkyl halides is 3. The lowest BCUT2D eigenvalue weighted by Gasteiger charge is -2.10. The van der Waals surface area contributed by atoms with Gasteiger partial charge in [-0.1, -0.05) is 37.3 Å². The third-order valence-electron chi connectivity index (χ3n) is 4.16. The first-order valence-electron chi connectivity index (χ1n) is 8.80. The third kappa shape index (κ3) is 4.75. The van der Waals surface area contributed by atoms with Gasteiger partial charge in [0.15, 0.2) is 0 Å². The Kier molecular flexibility index (Phi) is 6.03. The Hall–Kier alpha value is -3.45. The molecule has 10 heteroatoms. The summed E-state index contributed by atoms with van der Waals surface area (Å²) in [5, 5.41) is 16.3. The number of carbonyl (C=O) groups is 1. The molecule has 0 saturated carbocycles.